The van der Waals surface area contributed by atoms with Gasteiger partial charge in [0.2, 0.25) is 0 Å². The Labute approximate surface area is 84.7 Å². The van der Waals surface area contributed by atoms with Gasteiger partial charge >= 0.3 is 0 Å². The van der Waals surface area contributed by atoms with Crippen LogP contribution in [0.4, 0.5) is 4.39 Å². The predicted octanol–water partition coefficient (Wildman–Crippen LogP) is 1.21. The number of aromatic nitrogens is 2. The SMILES string of the molecule is COCc1ccc2ncc(=O)[nH]c2c1F. The molecule has 2 aromatic rings. The molecule has 0 radical (unpaired) electrons. The second-order valence-electron chi connectivity index (χ2n) is 3.11. The van der Waals surface area contributed by atoms with Crippen LogP contribution in [-0.2, 0) is 11.3 Å². The van der Waals surface area contributed by atoms with Crippen LogP contribution in [0.15, 0.2) is 23.1 Å². The van der Waals surface area contributed by atoms with E-state index in [1.54, 1.807) is 12.1 Å². The highest BCUT2D eigenvalue weighted by Crippen LogP contribution is 2.16. The number of nitrogens with zero attached hydrogens (tertiary/aromatic N) is 1. The topological polar surface area (TPSA) is 55.0 Å². The number of nitrogens with one attached hydrogen (secondary N) is 1. The minimum atomic E-state index is -0.487. The van der Waals surface area contributed by atoms with Crippen molar-refractivity contribution < 1.29 is 9.13 Å². The molecule has 0 aliphatic carbocycles. The molecule has 0 bridgehead atoms. The van der Waals surface area contributed by atoms with E-state index in [0.29, 0.717) is 11.1 Å². The number of benzene rings is 1. The number of methoxy groups -OCH3 is 1. The average molecular weight is 208 g/mol. The van der Waals surface area contributed by atoms with Crippen molar-refractivity contribution in [2.24, 2.45) is 0 Å². The largest absolute Gasteiger partial charge is 0.380 e. The van der Waals surface area contributed by atoms with Gasteiger partial charge in [-0.05, 0) is 6.07 Å². The molecule has 1 aromatic carbocycles. The zero-order valence-corrected chi connectivity index (χ0v) is 8.08. The average Bonchev–Trinajstić information content (AvgIpc) is 2.23. The van der Waals surface area contributed by atoms with Crippen molar-refractivity contribution in [2.75, 3.05) is 7.11 Å². The molecular weight excluding hydrogens is 199 g/mol. The van der Waals surface area contributed by atoms with Gasteiger partial charge in [0.1, 0.15) is 5.52 Å². The van der Waals surface area contributed by atoms with E-state index in [1.807, 2.05) is 0 Å². The second kappa shape index (κ2) is 3.78. The molecule has 4 nitrogen and oxygen atoms in total. The molecule has 0 aliphatic heterocycles. The van der Waals surface area contributed by atoms with E-state index in [4.69, 9.17) is 4.74 Å². The van der Waals surface area contributed by atoms with E-state index in [2.05, 4.69) is 9.97 Å². The molecule has 1 heterocycles. The second-order valence-corrected chi connectivity index (χ2v) is 3.11. The van der Waals surface area contributed by atoms with Crippen molar-refractivity contribution >= 4 is 11.0 Å². The summed E-state index contributed by atoms with van der Waals surface area (Å²) >= 11 is 0. The third-order valence-corrected chi connectivity index (χ3v) is 2.07. The molecule has 0 saturated heterocycles. The summed E-state index contributed by atoms with van der Waals surface area (Å²) in [6.45, 7) is 0.165. The number of fused-ring (bicyclic) bond motifs is 1. The van der Waals surface area contributed by atoms with Crippen molar-refractivity contribution in [3.63, 3.8) is 0 Å². The van der Waals surface area contributed by atoms with Gasteiger partial charge in [-0.2, -0.15) is 0 Å². The Kier molecular flexibility index (Phi) is 2.47. The summed E-state index contributed by atoms with van der Waals surface area (Å²) in [5.41, 5.74) is 0.522. The maximum Gasteiger partial charge on any atom is 0.266 e. The number of H-pyrrole nitrogens is 1. The van der Waals surface area contributed by atoms with E-state index in [0.717, 1.165) is 6.20 Å². The molecule has 0 unspecified atom stereocenters. The number of halogens is 1. The van der Waals surface area contributed by atoms with Crippen LogP contribution in [0.3, 0.4) is 0 Å². The van der Waals surface area contributed by atoms with Crippen molar-refractivity contribution in [1.82, 2.24) is 9.97 Å². The first-order valence-electron chi connectivity index (χ1n) is 4.37. The van der Waals surface area contributed by atoms with Gasteiger partial charge in [0.15, 0.2) is 5.82 Å². The molecule has 1 N–H and O–H groups in total. The van der Waals surface area contributed by atoms with Crippen molar-refractivity contribution in [3.8, 4) is 0 Å². The van der Waals surface area contributed by atoms with E-state index in [9.17, 15) is 9.18 Å². The fourth-order valence-electron chi connectivity index (χ4n) is 1.39. The minimum Gasteiger partial charge on any atom is -0.380 e. The van der Waals surface area contributed by atoms with Crippen LogP contribution in [0.1, 0.15) is 5.56 Å². The molecule has 1 aromatic heterocycles. The molecule has 5 heteroatoms. The van der Waals surface area contributed by atoms with Crippen LogP contribution in [0.2, 0.25) is 0 Å². The minimum absolute atomic E-state index is 0.122. The highest BCUT2D eigenvalue weighted by molar-refractivity contribution is 5.75. The number of aromatic amines is 1. The van der Waals surface area contributed by atoms with Crippen LogP contribution in [-0.4, -0.2) is 17.1 Å². The lowest BCUT2D eigenvalue weighted by Crippen LogP contribution is -2.07. The zero-order chi connectivity index (χ0) is 10.8. The van der Waals surface area contributed by atoms with Crippen LogP contribution >= 0.6 is 0 Å². The molecule has 15 heavy (non-hydrogen) atoms. The first kappa shape index (κ1) is 9.79. The molecule has 0 saturated carbocycles. The van der Waals surface area contributed by atoms with Gasteiger partial charge in [-0.15, -0.1) is 0 Å². The Morgan fingerprint density at radius 2 is 2.33 bits per heavy atom. The maximum absolute atomic E-state index is 13.7. The Bertz CT molecular complexity index is 551. The van der Waals surface area contributed by atoms with Crippen LogP contribution in [0.5, 0.6) is 0 Å². The molecular formula is C10H9FN2O2. The van der Waals surface area contributed by atoms with Crippen molar-refractivity contribution in [2.45, 2.75) is 6.61 Å². The van der Waals surface area contributed by atoms with E-state index in [1.165, 1.54) is 7.11 Å². The fourth-order valence-corrected chi connectivity index (χ4v) is 1.39. The Hall–Kier alpha value is -1.75. The summed E-state index contributed by atoms with van der Waals surface area (Å²) in [6, 6.07) is 3.23. The Balaban J connectivity index is 2.71. The molecule has 78 valence electrons. The summed E-state index contributed by atoms with van der Waals surface area (Å²) in [5, 5.41) is 0. The first-order valence-corrected chi connectivity index (χ1v) is 4.37. The van der Waals surface area contributed by atoms with Gasteiger partial charge in [-0.3, -0.25) is 4.79 Å². The molecule has 0 fully saturated rings. The molecule has 0 spiro atoms. The van der Waals surface area contributed by atoms with Gasteiger partial charge in [-0.25, -0.2) is 9.37 Å². The monoisotopic (exact) mass is 208 g/mol. The molecule has 0 amide bonds. The van der Waals surface area contributed by atoms with E-state index in [-0.39, 0.29) is 12.1 Å². The summed E-state index contributed by atoms with van der Waals surface area (Å²) in [4.78, 5) is 17.2. The Morgan fingerprint density at radius 3 is 3.07 bits per heavy atom. The smallest absolute Gasteiger partial charge is 0.266 e. The van der Waals surface area contributed by atoms with Gasteiger partial charge in [0.05, 0.1) is 18.3 Å². The lowest BCUT2D eigenvalue weighted by molar-refractivity contribution is 0.181. The van der Waals surface area contributed by atoms with Crippen molar-refractivity contribution in [3.05, 3.63) is 40.1 Å². The summed E-state index contributed by atoms with van der Waals surface area (Å²) in [5.74, 6) is -0.487. The summed E-state index contributed by atoms with van der Waals surface area (Å²) in [6.07, 6.45) is 1.12. The number of hydrogen-bond acceptors (Lipinski definition) is 3. The number of rotatable bonds is 2. The molecule has 0 aliphatic rings. The molecule has 2 rings (SSSR count). The third-order valence-electron chi connectivity index (χ3n) is 2.07. The third kappa shape index (κ3) is 1.73. The highest BCUT2D eigenvalue weighted by Gasteiger charge is 2.08. The van der Waals surface area contributed by atoms with E-state index >= 15 is 0 Å². The standard InChI is InChI=1S/C10H9FN2O2/c1-15-5-6-2-3-7-10(9(6)11)13-8(14)4-12-7/h2-4H,5H2,1H3,(H,13,14). The lowest BCUT2D eigenvalue weighted by Gasteiger charge is -2.04. The summed E-state index contributed by atoms with van der Waals surface area (Å²) in [7, 11) is 1.48. The van der Waals surface area contributed by atoms with Gasteiger partial charge in [0, 0.05) is 12.7 Å². The quantitative estimate of drug-likeness (QED) is 0.807. The van der Waals surface area contributed by atoms with Gasteiger partial charge < -0.3 is 9.72 Å². The zero-order valence-electron chi connectivity index (χ0n) is 8.08. The molecule has 0 atom stereocenters. The van der Waals surface area contributed by atoms with Crippen LogP contribution in [0, 0.1) is 5.82 Å². The highest BCUT2D eigenvalue weighted by atomic mass is 19.1. The summed E-state index contributed by atoms with van der Waals surface area (Å²) < 4.78 is 18.6. The normalized spacial score (nSPS) is 10.8. The lowest BCUT2D eigenvalue weighted by atomic mass is 10.2. The first-order chi connectivity index (χ1) is 7.22. The van der Waals surface area contributed by atoms with Crippen LogP contribution in [0.25, 0.3) is 11.0 Å². The number of ether oxygens (including phenoxy) is 1. The maximum atomic E-state index is 13.7. The van der Waals surface area contributed by atoms with Crippen LogP contribution < -0.4 is 5.56 Å². The van der Waals surface area contributed by atoms with Gasteiger partial charge in [0.25, 0.3) is 5.56 Å². The fraction of sp³-hybridized carbons (Fsp3) is 0.200. The van der Waals surface area contributed by atoms with Crippen molar-refractivity contribution in [1.29, 1.82) is 0 Å². The van der Waals surface area contributed by atoms with Gasteiger partial charge in [-0.1, -0.05) is 6.07 Å². The number of hydrogen-bond donors (Lipinski definition) is 1. The predicted molar refractivity (Wildman–Crippen MR) is 53.0 cm³/mol. The van der Waals surface area contributed by atoms with E-state index < -0.39 is 11.4 Å². The Morgan fingerprint density at radius 1 is 1.53 bits per heavy atom.